The number of aromatic nitrogens is 2. The molecule has 0 saturated carbocycles. The van der Waals surface area contributed by atoms with Gasteiger partial charge in [0.25, 0.3) is 5.91 Å². The smallest absolute Gasteiger partial charge is 0.292 e. The number of halogens is 2. The van der Waals surface area contributed by atoms with Gasteiger partial charge in [0, 0.05) is 11.5 Å². The highest BCUT2D eigenvalue weighted by atomic mass is 79.9. The van der Waals surface area contributed by atoms with Gasteiger partial charge in [-0.1, -0.05) is 27.5 Å². The lowest BCUT2D eigenvalue weighted by Crippen LogP contribution is -2.14. The number of anilines is 1. The van der Waals surface area contributed by atoms with Crippen molar-refractivity contribution in [2.45, 2.75) is 6.61 Å². The van der Waals surface area contributed by atoms with Crippen LogP contribution in [0.5, 0.6) is 5.75 Å². The predicted molar refractivity (Wildman–Crippen MR) is 98.1 cm³/mol. The molecule has 0 saturated heterocycles. The van der Waals surface area contributed by atoms with Crippen molar-refractivity contribution >= 4 is 39.3 Å². The minimum atomic E-state index is -0.488. The maximum absolute atomic E-state index is 12.3. The van der Waals surface area contributed by atoms with Crippen LogP contribution in [-0.2, 0) is 13.7 Å². The maximum atomic E-state index is 12.3. The summed E-state index contributed by atoms with van der Waals surface area (Å²) in [6, 6.07) is 10.4. The van der Waals surface area contributed by atoms with Gasteiger partial charge in [0.15, 0.2) is 5.76 Å². The number of ether oxygens (including phenoxy) is 1. The van der Waals surface area contributed by atoms with Gasteiger partial charge in [0.05, 0.1) is 11.2 Å². The molecule has 2 aromatic heterocycles. The van der Waals surface area contributed by atoms with Crippen molar-refractivity contribution in [3.8, 4) is 11.8 Å². The predicted octanol–water partition coefficient (Wildman–Crippen LogP) is 4.13. The summed E-state index contributed by atoms with van der Waals surface area (Å²) < 4.78 is 13.3. The molecule has 0 aliphatic heterocycles. The SMILES string of the molecule is Cn1ncc(C#N)c1NC(=O)c1ccc(COc2ccc(Br)cc2Cl)o1. The van der Waals surface area contributed by atoms with E-state index in [-0.39, 0.29) is 17.9 Å². The van der Waals surface area contributed by atoms with Crippen LogP contribution in [0.15, 0.2) is 45.4 Å². The Morgan fingerprint density at radius 2 is 2.27 bits per heavy atom. The average Bonchev–Trinajstić information content (AvgIpc) is 3.22. The number of aryl methyl sites for hydroxylation is 1. The third kappa shape index (κ3) is 3.90. The Bertz CT molecular complexity index is 1010. The number of benzene rings is 1. The highest BCUT2D eigenvalue weighted by Gasteiger charge is 2.16. The Morgan fingerprint density at radius 3 is 3.00 bits per heavy atom. The number of nitrogens with one attached hydrogen (secondary N) is 1. The van der Waals surface area contributed by atoms with Gasteiger partial charge in [-0.2, -0.15) is 10.4 Å². The van der Waals surface area contributed by atoms with E-state index in [1.807, 2.05) is 12.1 Å². The normalized spacial score (nSPS) is 10.4. The Labute approximate surface area is 162 Å². The van der Waals surface area contributed by atoms with E-state index in [9.17, 15) is 4.79 Å². The summed E-state index contributed by atoms with van der Waals surface area (Å²) in [4.78, 5) is 12.3. The molecule has 0 spiro atoms. The van der Waals surface area contributed by atoms with Crippen molar-refractivity contribution in [2.75, 3.05) is 5.32 Å². The van der Waals surface area contributed by atoms with Crippen LogP contribution in [0.2, 0.25) is 5.02 Å². The van der Waals surface area contributed by atoms with Crippen molar-refractivity contribution in [2.24, 2.45) is 7.05 Å². The molecule has 9 heteroatoms. The van der Waals surface area contributed by atoms with Crippen LogP contribution in [0.4, 0.5) is 5.82 Å². The summed E-state index contributed by atoms with van der Waals surface area (Å²) in [5.74, 6) is 0.868. The van der Waals surface area contributed by atoms with E-state index in [4.69, 9.17) is 26.0 Å². The van der Waals surface area contributed by atoms with Crippen molar-refractivity contribution < 1.29 is 13.9 Å². The first-order chi connectivity index (χ1) is 12.5. The fourth-order valence-electron chi connectivity index (χ4n) is 2.16. The molecule has 0 bridgehead atoms. The van der Waals surface area contributed by atoms with E-state index >= 15 is 0 Å². The zero-order chi connectivity index (χ0) is 18.7. The molecule has 2 heterocycles. The molecule has 3 rings (SSSR count). The van der Waals surface area contributed by atoms with Crippen molar-refractivity contribution in [3.05, 3.63) is 63.1 Å². The largest absolute Gasteiger partial charge is 0.484 e. The van der Waals surface area contributed by atoms with E-state index in [1.165, 1.54) is 16.9 Å². The molecule has 0 aliphatic rings. The lowest BCUT2D eigenvalue weighted by atomic mass is 10.3. The van der Waals surface area contributed by atoms with Crippen LogP contribution in [-0.4, -0.2) is 15.7 Å². The number of hydrogen-bond donors (Lipinski definition) is 1. The number of furan rings is 1. The first-order valence-electron chi connectivity index (χ1n) is 7.38. The summed E-state index contributed by atoms with van der Waals surface area (Å²) in [7, 11) is 1.62. The highest BCUT2D eigenvalue weighted by molar-refractivity contribution is 9.10. The zero-order valence-corrected chi connectivity index (χ0v) is 15.8. The van der Waals surface area contributed by atoms with Gasteiger partial charge in [0.1, 0.15) is 35.6 Å². The van der Waals surface area contributed by atoms with Gasteiger partial charge in [0.2, 0.25) is 0 Å². The summed E-state index contributed by atoms with van der Waals surface area (Å²) in [6.07, 6.45) is 1.37. The first-order valence-corrected chi connectivity index (χ1v) is 8.55. The number of nitrogens with zero attached hydrogens (tertiary/aromatic N) is 3. The molecule has 1 aromatic carbocycles. The van der Waals surface area contributed by atoms with Crippen LogP contribution in [0.25, 0.3) is 0 Å². The number of carbonyl (C=O) groups is 1. The summed E-state index contributed by atoms with van der Waals surface area (Å²) in [5.41, 5.74) is 0.265. The number of amides is 1. The van der Waals surface area contributed by atoms with E-state index in [1.54, 1.807) is 25.2 Å². The number of nitriles is 1. The average molecular weight is 436 g/mol. The minimum Gasteiger partial charge on any atom is -0.484 e. The van der Waals surface area contributed by atoms with Crippen LogP contribution >= 0.6 is 27.5 Å². The summed E-state index contributed by atoms with van der Waals surface area (Å²) in [6.45, 7) is 0.115. The fraction of sp³-hybridized carbons (Fsp3) is 0.118. The third-order valence-electron chi connectivity index (χ3n) is 3.44. The van der Waals surface area contributed by atoms with E-state index in [0.717, 1.165) is 4.47 Å². The molecule has 0 fully saturated rings. The third-order valence-corrected chi connectivity index (χ3v) is 4.23. The van der Waals surface area contributed by atoms with Crippen molar-refractivity contribution in [1.82, 2.24) is 9.78 Å². The molecule has 0 aliphatic carbocycles. The van der Waals surface area contributed by atoms with Gasteiger partial charge in [-0.15, -0.1) is 0 Å². The number of carbonyl (C=O) groups excluding carboxylic acids is 1. The van der Waals surface area contributed by atoms with Gasteiger partial charge in [-0.05, 0) is 30.3 Å². The second-order valence-electron chi connectivity index (χ2n) is 5.23. The monoisotopic (exact) mass is 434 g/mol. The van der Waals surface area contributed by atoms with Gasteiger partial charge < -0.3 is 14.5 Å². The van der Waals surface area contributed by atoms with Gasteiger partial charge >= 0.3 is 0 Å². The molecular weight excluding hydrogens is 424 g/mol. The maximum Gasteiger partial charge on any atom is 0.292 e. The molecule has 132 valence electrons. The van der Waals surface area contributed by atoms with Crippen LogP contribution < -0.4 is 10.1 Å². The van der Waals surface area contributed by atoms with Crippen LogP contribution in [0.1, 0.15) is 21.9 Å². The van der Waals surface area contributed by atoms with Gasteiger partial charge in [-0.25, -0.2) is 0 Å². The van der Waals surface area contributed by atoms with E-state index < -0.39 is 5.91 Å². The molecule has 0 unspecified atom stereocenters. The standard InChI is InChI=1S/C17H12BrClN4O3/c1-23-16(10(7-20)8-21-23)22-17(24)15-5-3-12(26-15)9-25-14-4-2-11(18)6-13(14)19/h2-6,8H,9H2,1H3,(H,22,24). The molecule has 0 atom stereocenters. The van der Waals surface area contributed by atoms with E-state index in [0.29, 0.717) is 22.4 Å². The number of hydrogen-bond acceptors (Lipinski definition) is 5. The second-order valence-corrected chi connectivity index (χ2v) is 6.55. The molecule has 3 aromatic rings. The summed E-state index contributed by atoms with van der Waals surface area (Å²) >= 11 is 9.41. The Morgan fingerprint density at radius 1 is 1.46 bits per heavy atom. The topological polar surface area (TPSA) is 93.1 Å². The quantitative estimate of drug-likeness (QED) is 0.650. The Kier molecular flexibility index (Phi) is 5.30. The minimum absolute atomic E-state index is 0.0931. The van der Waals surface area contributed by atoms with Gasteiger partial charge in [-0.3, -0.25) is 9.48 Å². The van der Waals surface area contributed by atoms with E-state index in [2.05, 4.69) is 26.3 Å². The molecule has 26 heavy (non-hydrogen) atoms. The van der Waals surface area contributed by atoms with Crippen molar-refractivity contribution in [1.29, 1.82) is 5.26 Å². The fourth-order valence-corrected chi connectivity index (χ4v) is 2.88. The molecule has 1 amide bonds. The lowest BCUT2D eigenvalue weighted by molar-refractivity contribution is 0.0991. The van der Waals surface area contributed by atoms with Crippen LogP contribution in [0, 0.1) is 11.3 Å². The Hall–Kier alpha value is -2.76. The number of rotatable bonds is 5. The molecule has 0 radical (unpaired) electrons. The summed E-state index contributed by atoms with van der Waals surface area (Å²) in [5, 5.41) is 16.0. The lowest BCUT2D eigenvalue weighted by Gasteiger charge is -2.06. The zero-order valence-electron chi connectivity index (χ0n) is 13.5. The second kappa shape index (κ2) is 7.64. The molecular formula is C17H12BrClN4O3. The molecule has 7 nitrogen and oxygen atoms in total. The first kappa shape index (κ1) is 18.0. The van der Waals surface area contributed by atoms with Crippen LogP contribution in [0.3, 0.4) is 0 Å². The van der Waals surface area contributed by atoms with Crippen molar-refractivity contribution in [3.63, 3.8) is 0 Å². The highest BCUT2D eigenvalue weighted by Crippen LogP contribution is 2.28. The Balaban J connectivity index is 1.66. The molecule has 1 N–H and O–H groups in total.